The van der Waals surface area contributed by atoms with Crippen LogP contribution in [0.5, 0.6) is 0 Å². The van der Waals surface area contributed by atoms with Gasteiger partial charge in [-0.1, -0.05) is 0 Å². The fourth-order valence-corrected chi connectivity index (χ4v) is 2.27. The lowest BCUT2D eigenvalue weighted by Gasteiger charge is -2.16. The van der Waals surface area contributed by atoms with Crippen LogP contribution in [0.1, 0.15) is 11.9 Å². The van der Waals surface area contributed by atoms with Gasteiger partial charge in [0.25, 0.3) is 0 Å². The molecule has 0 aromatic carbocycles. The predicted octanol–water partition coefficient (Wildman–Crippen LogP) is -1.25. The zero-order chi connectivity index (χ0) is 13.6. The van der Waals surface area contributed by atoms with Crippen molar-refractivity contribution in [3.63, 3.8) is 0 Å². The van der Waals surface area contributed by atoms with Crippen LogP contribution in [-0.4, -0.2) is 59.8 Å². The molecule has 19 heavy (non-hydrogen) atoms. The van der Waals surface area contributed by atoms with E-state index in [2.05, 4.69) is 15.0 Å². The van der Waals surface area contributed by atoms with Crippen molar-refractivity contribution in [2.75, 3.05) is 6.61 Å². The van der Waals surface area contributed by atoms with Crippen molar-refractivity contribution in [1.82, 2.24) is 19.5 Å². The van der Waals surface area contributed by atoms with Crippen molar-refractivity contribution >= 4 is 11.2 Å². The quantitative estimate of drug-likeness (QED) is 0.622. The monoisotopic (exact) mass is 266 g/mol. The van der Waals surface area contributed by atoms with Crippen molar-refractivity contribution in [2.45, 2.75) is 31.5 Å². The minimum atomic E-state index is -1.15. The van der Waals surface area contributed by atoms with E-state index < -0.39 is 24.5 Å². The molecule has 1 aliphatic heterocycles. The molecule has 3 heterocycles. The molecule has 2 aromatic rings. The molecule has 8 heteroatoms. The van der Waals surface area contributed by atoms with Crippen molar-refractivity contribution in [1.29, 1.82) is 0 Å². The summed E-state index contributed by atoms with van der Waals surface area (Å²) in [5.41, 5.74) is 1.85. The maximum Gasteiger partial charge on any atom is 0.165 e. The van der Waals surface area contributed by atoms with E-state index in [4.69, 9.17) is 9.84 Å². The van der Waals surface area contributed by atoms with Gasteiger partial charge >= 0.3 is 0 Å². The van der Waals surface area contributed by atoms with Crippen LogP contribution in [0.15, 0.2) is 12.7 Å². The highest BCUT2D eigenvalue weighted by Crippen LogP contribution is 2.31. The molecule has 8 nitrogen and oxygen atoms in total. The first-order chi connectivity index (χ1) is 9.13. The molecule has 0 aliphatic carbocycles. The van der Waals surface area contributed by atoms with Crippen molar-refractivity contribution in [2.24, 2.45) is 0 Å². The molecule has 0 saturated carbocycles. The van der Waals surface area contributed by atoms with Gasteiger partial charge in [0.1, 0.15) is 30.2 Å². The lowest BCUT2D eigenvalue weighted by Crippen LogP contribution is -2.33. The number of aromatic nitrogens is 4. The van der Waals surface area contributed by atoms with Crippen LogP contribution in [0.4, 0.5) is 0 Å². The Morgan fingerprint density at radius 2 is 2.05 bits per heavy atom. The smallest absolute Gasteiger partial charge is 0.165 e. The second kappa shape index (κ2) is 4.49. The Balaban J connectivity index is 2.04. The molecular weight excluding hydrogens is 252 g/mol. The summed E-state index contributed by atoms with van der Waals surface area (Å²) in [4.78, 5) is 12.3. The largest absolute Gasteiger partial charge is 0.394 e. The maximum atomic E-state index is 9.98. The summed E-state index contributed by atoms with van der Waals surface area (Å²) in [6.07, 6.45) is -1.06. The number of aryl methyl sites for hydroxylation is 1. The topological polar surface area (TPSA) is 114 Å². The summed E-state index contributed by atoms with van der Waals surface area (Å²) < 4.78 is 6.98. The molecule has 1 fully saturated rings. The van der Waals surface area contributed by atoms with E-state index >= 15 is 0 Å². The average molecular weight is 266 g/mol. The van der Waals surface area contributed by atoms with Gasteiger partial charge in [-0.05, 0) is 6.92 Å². The second-order valence-electron chi connectivity index (χ2n) is 4.51. The van der Waals surface area contributed by atoms with Crippen LogP contribution < -0.4 is 0 Å². The Hall–Kier alpha value is -1.61. The molecule has 0 spiro atoms. The third kappa shape index (κ3) is 1.80. The summed E-state index contributed by atoms with van der Waals surface area (Å²) in [5, 5.41) is 28.8. The van der Waals surface area contributed by atoms with E-state index in [0.717, 1.165) is 5.69 Å². The van der Waals surface area contributed by atoms with Crippen molar-refractivity contribution in [3.8, 4) is 0 Å². The SMILES string of the molecule is Cc1ncnc2c1ncn2[C@H]1O[C@H](CO)[C@@H](O)[C@H]1O. The summed E-state index contributed by atoms with van der Waals surface area (Å²) in [6.45, 7) is 1.44. The molecule has 0 radical (unpaired) electrons. The summed E-state index contributed by atoms with van der Waals surface area (Å²) in [6, 6.07) is 0. The van der Waals surface area contributed by atoms with E-state index in [9.17, 15) is 10.2 Å². The van der Waals surface area contributed by atoms with Crippen molar-refractivity contribution < 1.29 is 20.1 Å². The molecule has 0 unspecified atom stereocenters. The number of hydrogen-bond acceptors (Lipinski definition) is 7. The molecule has 0 amide bonds. The highest BCUT2D eigenvalue weighted by molar-refractivity contribution is 5.72. The summed E-state index contributed by atoms with van der Waals surface area (Å²) in [5.74, 6) is 0. The molecule has 1 saturated heterocycles. The number of nitrogens with zero attached hydrogens (tertiary/aromatic N) is 4. The molecule has 1 aliphatic rings. The predicted molar refractivity (Wildman–Crippen MR) is 63.1 cm³/mol. The molecule has 3 N–H and O–H groups in total. The lowest BCUT2D eigenvalue weighted by molar-refractivity contribution is -0.0511. The van der Waals surface area contributed by atoms with Crippen molar-refractivity contribution in [3.05, 3.63) is 18.3 Å². The van der Waals surface area contributed by atoms with Gasteiger partial charge in [-0.15, -0.1) is 0 Å². The Labute approximate surface area is 108 Å². The van der Waals surface area contributed by atoms with Gasteiger partial charge in [0, 0.05) is 0 Å². The Morgan fingerprint density at radius 1 is 1.26 bits per heavy atom. The number of imidazole rings is 1. The van der Waals surface area contributed by atoms with Crippen LogP contribution in [0.2, 0.25) is 0 Å². The van der Waals surface area contributed by atoms with Gasteiger partial charge < -0.3 is 20.1 Å². The average Bonchev–Trinajstić information content (AvgIpc) is 2.94. The minimum Gasteiger partial charge on any atom is -0.394 e. The molecule has 4 atom stereocenters. The third-order valence-corrected chi connectivity index (χ3v) is 3.33. The van der Waals surface area contributed by atoms with Gasteiger partial charge in [-0.2, -0.15) is 0 Å². The zero-order valence-electron chi connectivity index (χ0n) is 10.2. The normalized spacial score (nSPS) is 31.2. The lowest BCUT2D eigenvalue weighted by atomic mass is 10.1. The molecular formula is C11H14N4O4. The van der Waals surface area contributed by atoms with E-state index in [0.29, 0.717) is 11.2 Å². The van der Waals surface area contributed by atoms with E-state index in [1.165, 1.54) is 17.2 Å². The maximum absolute atomic E-state index is 9.98. The van der Waals surface area contributed by atoms with Crippen LogP contribution in [0.3, 0.4) is 0 Å². The van der Waals surface area contributed by atoms with Crippen LogP contribution >= 0.6 is 0 Å². The highest BCUT2D eigenvalue weighted by Gasteiger charge is 2.43. The number of ether oxygens (including phenoxy) is 1. The fraction of sp³-hybridized carbons (Fsp3) is 0.545. The number of aliphatic hydroxyl groups excluding tert-OH is 3. The minimum absolute atomic E-state index is 0.366. The fourth-order valence-electron chi connectivity index (χ4n) is 2.27. The number of hydrogen-bond donors (Lipinski definition) is 3. The van der Waals surface area contributed by atoms with Gasteiger partial charge in [0.05, 0.1) is 18.6 Å². The second-order valence-corrected chi connectivity index (χ2v) is 4.51. The van der Waals surface area contributed by atoms with Gasteiger partial charge in [0.15, 0.2) is 11.9 Å². The van der Waals surface area contributed by atoms with Gasteiger partial charge in [-0.25, -0.2) is 15.0 Å². The van der Waals surface area contributed by atoms with E-state index in [-0.39, 0.29) is 6.61 Å². The summed E-state index contributed by atoms with van der Waals surface area (Å²) >= 11 is 0. The number of aliphatic hydroxyl groups is 3. The van der Waals surface area contributed by atoms with Crippen LogP contribution in [-0.2, 0) is 4.74 Å². The molecule has 0 bridgehead atoms. The number of rotatable bonds is 2. The van der Waals surface area contributed by atoms with Crippen LogP contribution in [0.25, 0.3) is 11.2 Å². The van der Waals surface area contributed by atoms with Gasteiger partial charge in [-0.3, -0.25) is 4.57 Å². The molecule has 102 valence electrons. The van der Waals surface area contributed by atoms with E-state index in [1.54, 1.807) is 6.92 Å². The standard InChI is InChI=1S/C11H14N4O4/c1-5-7-10(13-3-12-5)15(4-14-7)11-9(18)8(17)6(2-16)19-11/h3-4,6,8-9,11,16-18H,2H2,1H3/t6-,8-,9-,11+/m1/s1. The van der Waals surface area contributed by atoms with Gasteiger partial charge in [0.2, 0.25) is 0 Å². The number of fused-ring (bicyclic) bond motifs is 1. The van der Waals surface area contributed by atoms with E-state index in [1.807, 2.05) is 0 Å². The molecule has 2 aromatic heterocycles. The Kier molecular flexibility index (Phi) is 2.94. The summed E-state index contributed by atoms with van der Waals surface area (Å²) in [7, 11) is 0. The first-order valence-corrected chi connectivity index (χ1v) is 5.90. The zero-order valence-corrected chi connectivity index (χ0v) is 10.2. The molecule has 3 rings (SSSR count). The third-order valence-electron chi connectivity index (χ3n) is 3.33. The Bertz CT molecular complexity index is 601. The highest BCUT2D eigenvalue weighted by atomic mass is 16.6. The first-order valence-electron chi connectivity index (χ1n) is 5.90. The first kappa shape index (κ1) is 12.4. The van der Waals surface area contributed by atoms with Crippen LogP contribution in [0, 0.1) is 6.92 Å². The Morgan fingerprint density at radius 3 is 2.74 bits per heavy atom.